The van der Waals surface area contributed by atoms with Gasteiger partial charge < -0.3 is 10.1 Å². The van der Waals surface area contributed by atoms with Gasteiger partial charge in [-0.3, -0.25) is 9.69 Å². The number of hydrogen-bond acceptors (Lipinski definition) is 3. The monoisotopic (exact) mass is 300 g/mol. The van der Waals surface area contributed by atoms with Gasteiger partial charge in [0.15, 0.2) is 0 Å². The predicted octanol–water partition coefficient (Wildman–Crippen LogP) is 2.04. The number of methoxy groups -OCH3 is 1. The normalized spacial score (nSPS) is 27.4. The molecule has 2 fully saturated rings. The fourth-order valence-corrected chi connectivity index (χ4v) is 4.39. The molecule has 0 spiro atoms. The van der Waals surface area contributed by atoms with Crippen LogP contribution in [0.5, 0.6) is 5.75 Å². The van der Waals surface area contributed by atoms with Crippen LogP contribution in [-0.4, -0.2) is 36.5 Å². The fraction of sp³-hybridized carbons (Fsp3) is 0.611. The summed E-state index contributed by atoms with van der Waals surface area (Å²) >= 11 is 0. The second-order valence-electron chi connectivity index (χ2n) is 6.85. The van der Waals surface area contributed by atoms with Crippen molar-refractivity contribution in [1.82, 2.24) is 10.2 Å². The smallest absolute Gasteiger partial charge is 0.221 e. The van der Waals surface area contributed by atoms with Crippen molar-refractivity contribution < 1.29 is 9.53 Å². The van der Waals surface area contributed by atoms with Crippen LogP contribution >= 0.6 is 0 Å². The Hall–Kier alpha value is -1.55. The zero-order valence-corrected chi connectivity index (χ0v) is 13.2. The molecule has 1 aromatic carbocycles. The van der Waals surface area contributed by atoms with Crippen LogP contribution in [0.25, 0.3) is 0 Å². The highest BCUT2D eigenvalue weighted by atomic mass is 16.5. The third kappa shape index (κ3) is 2.39. The van der Waals surface area contributed by atoms with Gasteiger partial charge >= 0.3 is 0 Å². The molecule has 1 aliphatic carbocycles. The van der Waals surface area contributed by atoms with Crippen molar-refractivity contribution in [3.63, 3.8) is 0 Å². The van der Waals surface area contributed by atoms with Crippen LogP contribution in [0.2, 0.25) is 0 Å². The summed E-state index contributed by atoms with van der Waals surface area (Å²) in [4.78, 5) is 14.3. The molecule has 2 heterocycles. The average molecular weight is 300 g/mol. The lowest BCUT2D eigenvalue weighted by atomic mass is 10.0. The predicted molar refractivity (Wildman–Crippen MR) is 85.0 cm³/mol. The van der Waals surface area contributed by atoms with Gasteiger partial charge in [-0.1, -0.05) is 6.07 Å². The SMILES string of the molecule is COc1cc2c(cc1CN1[C@@H]3CC[C@H]1CNC(=O)C3)CCC2. The Kier molecular flexibility index (Phi) is 3.57. The standard InChI is InChI=1S/C18H24N2O2/c1-22-17-8-13-4-2-3-12(13)7-14(17)11-20-15-5-6-16(20)10-19-18(21)9-15/h7-8,15-16H,2-6,9-11H2,1H3,(H,19,21)/t15-,16+/m1/s1. The zero-order chi connectivity index (χ0) is 15.1. The molecule has 22 heavy (non-hydrogen) atoms. The minimum Gasteiger partial charge on any atom is -0.496 e. The minimum atomic E-state index is 0.207. The lowest BCUT2D eigenvalue weighted by molar-refractivity contribution is -0.121. The van der Waals surface area contributed by atoms with Crippen molar-refractivity contribution in [2.24, 2.45) is 0 Å². The van der Waals surface area contributed by atoms with Crippen LogP contribution in [0, 0.1) is 0 Å². The topological polar surface area (TPSA) is 41.6 Å². The Balaban J connectivity index is 1.62. The fourth-order valence-electron chi connectivity index (χ4n) is 4.39. The van der Waals surface area contributed by atoms with Gasteiger partial charge in [-0.25, -0.2) is 0 Å². The van der Waals surface area contributed by atoms with E-state index in [-0.39, 0.29) is 5.91 Å². The molecule has 2 saturated heterocycles. The van der Waals surface area contributed by atoms with Crippen molar-refractivity contribution in [3.8, 4) is 5.75 Å². The molecule has 0 saturated carbocycles. The summed E-state index contributed by atoms with van der Waals surface area (Å²) in [5.41, 5.74) is 4.23. The third-order valence-electron chi connectivity index (χ3n) is 5.57. The second kappa shape index (κ2) is 5.58. The van der Waals surface area contributed by atoms with Gasteiger partial charge in [0.05, 0.1) is 7.11 Å². The molecule has 0 unspecified atom stereocenters. The molecular formula is C18H24N2O2. The van der Waals surface area contributed by atoms with E-state index in [1.54, 1.807) is 7.11 Å². The van der Waals surface area contributed by atoms with Gasteiger partial charge in [-0.2, -0.15) is 0 Å². The first-order valence-corrected chi connectivity index (χ1v) is 8.45. The van der Waals surface area contributed by atoms with E-state index in [0.717, 1.165) is 25.3 Å². The number of hydrogen-bond donors (Lipinski definition) is 1. The first-order chi connectivity index (χ1) is 10.7. The number of carbonyl (C=O) groups excluding carboxylic acids is 1. The van der Waals surface area contributed by atoms with Gasteiger partial charge in [0.1, 0.15) is 5.75 Å². The second-order valence-corrected chi connectivity index (χ2v) is 6.85. The number of carbonyl (C=O) groups is 1. The number of rotatable bonds is 3. The van der Waals surface area contributed by atoms with Crippen LogP contribution in [0.3, 0.4) is 0 Å². The first-order valence-electron chi connectivity index (χ1n) is 8.45. The quantitative estimate of drug-likeness (QED) is 0.929. The highest BCUT2D eigenvalue weighted by Gasteiger charge is 2.37. The van der Waals surface area contributed by atoms with Crippen molar-refractivity contribution >= 4 is 5.91 Å². The molecule has 1 N–H and O–H groups in total. The maximum Gasteiger partial charge on any atom is 0.221 e. The van der Waals surface area contributed by atoms with Gasteiger partial charge in [0, 0.05) is 37.2 Å². The highest BCUT2D eigenvalue weighted by molar-refractivity contribution is 5.77. The molecule has 4 rings (SSSR count). The van der Waals surface area contributed by atoms with Gasteiger partial charge in [-0.05, 0) is 49.3 Å². The van der Waals surface area contributed by atoms with E-state index in [1.165, 1.54) is 42.4 Å². The summed E-state index contributed by atoms with van der Waals surface area (Å²) < 4.78 is 5.65. The largest absolute Gasteiger partial charge is 0.496 e. The van der Waals surface area contributed by atoms with Crippen LogP contribution in [0.4, 0.5) is 0 Å². The maximum atomic E-state index is 11.8. The van der Waals surface area contributed by atoms with Gasteiger partial charge in [0.2, 0.25) is 5.91 Å². The van der Waals surface area contributed by atoms with Crippen molar-refractivity contribution in [1.29, 1.82) is 0 Å². The Morgan fingerprint density at radius 2 is 2.00 bits per heavy atom. The molecule has 1 aromatic rings. The molecule has 1 amide bonds. The zero-order valence-electron chi connectivity index (χ0n) is 13.2. The van der Waals surface area contributed by atoms with E-state index in [9.17, 15) is 4.79 Å². The van der Waals surface area contributed by atoms with Crippen LogP contribution in [-0.2, 0) is 24.2 Å². The number of nitrogens with zero attached hydrogens (tertiary/aromatic N) is 1. The molecular weight excluding hydrogens is 276 g/mol. The molecule has 0 radical (unpaired) electrons. The number of amides is 1. The molecule has 2 atom stereocenters. The van der Waals surface area contributed by atoms with E-state index in [0.29, 0.717) is 18.5 Å². The molecule has 118 valence electrons. The molecule has 2 bridgehead atoms. The summed E-state index contributed by atoms with van der Waals surface area (Å²) in [6.07, 6.45) is 6.61. The molecule has 4 nitrogen and oxygen atoms in total. The minimum absolute atomic E-state index is 0.207. The number of fused-ring (bicyclic) bond motifs is 3. The maximum absolute atomic E-state index is 11.8. The molecule has 0 aromatic heterocycles. The van der Waals surface area contributed by atoms with Crippen LogP contribution in [0.1, 0.15) is 42.4 Å². The van der Waals surface area contributed by atoms with E-state index >= 15 is 0 Å². The average Bonchev–Trinajstić information content (AvgIpc) is 3.06. The Morgan fingerprint density at radius 3 is 2.82 bits per heavy atom. The summed E-state index contributed by atoms with van der Waals surface area (Å²) in [7, 11) is 1.77. The van der Waals surface area contributed by atoms with Gasteiger partial charge in [-0.15, -0.1) is 0 Å². The molecule has 4 heteroatoms. The Labute approximate surface area is 131 Å². The number of ether oxygens (including phenoxy) is 1. The Morgan fingerprint density at radius 1 is 1.23 bits per heavy atom. The van der Waals surface area contributed by atoms with Gasteiger partial charge in [0.25, 0.3) is 0 Å². The first kappa shape index (κ1) is 14.1. The Bertz CT molecular complexity index is 599. The van der Waals surface area contributed by atoms with E-state index < -0.39 is 0 Å². The lowest BCUT2D eigenvalue weighted by Gasteiger charge is -2.28. The van der Waals surface area contributed by atoms with E-state index in [1.807, 2.05) is 0 Å². The van der Waals surface area contributed by atoms with Crippen LogP contribution in [0.15, 0.2) is 12.1 Å². The highest BCUT2D eigenvalue weighted by Crippen LogP contribution is 2.35. The summed E-state index contributed by atoms with van der Waals surface area (Å²) in [5, 5.41) is 3.05. The van der Waals surface area contributed by atoms with E-state index in [4.69, 9.17) is 4.74 Å². The van der Waals surface area contributed by atoms with Crippen molar-refractivity contribution in [2.75, 3.05) is 13.7 Å². The van der Waals surface area contributed by atoms with Crippen molar-refractivity contribution in [3.05, 3.63) is 28.8 Å². The summed E-state index contributed by atoms with van der Waals surface area (Å²) in [5.74, 6) is 1.22. The third-order valence-corrected chi connectivity index (χ3v) is 5.57. The van der Waals surface area contributed by atoms with Crippen LogP contribution < -0.4 is 10.1 Å². The van der Waals surface area contributed by atoms with Crippen molar-refractivity contribution in [2.45, 2.75) is 57.2 Å². The number of aryl methyl sites for hydroxylation is 2. The van der Waals surface area contributed by atoms with E-state index in [2.05, 4.69) is 22.3 Å². The number of benzene rings is 1. The lowest BCUT2D eigenvalue weighted by Crippen LogP contribution is -2.37. The summed E-state index contributed by atoms with van der Waals surface area (Å²) in [6, 6.07) is 5.46. The molecule has 3 aliphatic rings. The molecule has 2 aliphatic heterocycles. The number of nitrogens with one attached hydrogen (secondary N) is 1. The summed E-state index contributed by atoms with van der Waals surface area (Å²) in [6.45, 7) is 1.70.